The van der Waals surface area contributed by atoms with Crippen LogP contribution in [-0.2, 0) is 10.0 Å². The molecule has 1 fully saturated rings. The van der Waals surface area contributed by atoms with Gasteiger partial charge in [0, 0.05) is 19.2 Å². The molecule has 2 N–H and O–H groups in total. The highest BCUT2D eigenvalue weighted by atomic mass is 32.2. The van der Waals surface area contributed by atoms with E-state index in [0.29, 0.717) is 25.5 Å². The Labute approximate surface area is 107 Å². The molecule has 1 unspecified atom stereocenters. The Hall–Kier alpha value is -1.18. The van der Waals surface area contributed by atoms with Gasteiger partial charge >= 0.3 is 0 Å². The summed E-state index contributed by atoms with van der Waals surface area (Å²) in [5, 5.41) is 0. The van der Waals surface area contributed by atoms with E-state index in [2.05, 4.69) is 4.98 Å². The zero-order chi connectivity index (χ0) is 13.2. The standard InChI is InChI=1S/C11H17N3O3S/c1-17-11-3-2-10(7-13-11)18(15,16)14-5-4-9(6-12)8-14/h2-3,7,9H,4-6,8,12H2,1H3. The maximum atomic E-state index is 12.3. The van der Waals surface area contributed by atoms with Crippen LogP contribution < -0.4 is 10.5 Å². The van der Waals surface area contributed by atoms with Crippen LogP contribution in [0.15, 0.2) is 23.2 Å². The number of nitrogens with two attached hydrogens (primary N) is 1. The van der Waals surface area contributed by atoms with Crippen LogP contribution in [0, 0.1) is 5.92 Å². The molecule has 0 spiro atoms. The summed E-state index contributed by atoms with van der Waals surface area (Å²) in [5.74, 6) is 0.654. The molecule has 0 aliphatic carbocycles. The number of hydrogen-bond donors (Lipinski definition) is 1. The van der Waals surface area contributed by atoms with Gasteiger partial charge in [-0.2, -0.15) is 4.31 Å². The number of hydrogen-bond acceptors (Lipinski definition) is 5. The molecule has 0 bridgehead atoms. The van der Waals surface area contributed by atoms with Crippen molar-refractivity contribution in [1.29, 1.82) is 0 Å². The fourth-order valence-electron chi connectivity index (χ4n) is 2.00. The number of methoxy groups -OCH3 is 1. The topological polar surface area (TPSA) is 85.5 Å². The van der Waals surface area contributed by atoms with Gasteiger partial charge in [-0.15, -0.1) is 0 Å². The third-order valence-corrected chi connectivity index (χ3v) is 4.99. The van der Waals surface area contributed by atoms with E-state index < -0.39 is 10.0 Å². The Morgan fingerprint density at radius 2 is 2.33 bits per heavy atom. The number of rotatable bonds is 4. The Morgan fingerprint density at radius 3 is 2.83 bits per heavy atom. The summed E-state index contributed by atoms with van der Waals surface area (Å²) >= 11 is 0. The average molecular weight is 271 g/mol. The zero-order valence-electron chi connectivity index (χ0n) is 10.2. The third kappa shape index (κ3) is 2.47. The summed E-state index contributed by atoms with van der Waals surface area (Å²) in [7, 11) is -1.96. The first-order valence-electron chi connectivity index (χ1n) is 5.78. The molecule has 1 aliphatic heterocycles. The van der Waals surface area contributed by atoms with Crippen LogP contribution in [0.1, 0.15) is 6.42 Å². The largest absolute Gasteiger partial charge is 0.481 e. The van der Waals surface area contributed by atoms with Crippen LogP contribution in [0.4, 0.5) is 0 Å². The molecule has 18 heavy (non-hydrogen) atoms. The molecule has 1 aromatic heterocycles. The van der Waals surface area contributed by atoms with Crippen molar-refractivity contribution in [1.82, 2.24) is 9.29 Å². The van der Waals surface area contributed by atoms with Crippen LogP contribution in [0.2, 0.25) is 0 Å². The number of aromatic nitrogens is 1. The SMILES string of the molecule is COc1ccc(S(=O)(=O)N2CCC(CN)C2)cn1. The van der Waals surface area contributed by atoms with Crippen molar-refractivity contribution in [3.8, 4) is 5.88 Å². The van der Waals surface area contributed by atoms with Crippen molar-refractivity contribution in [3.05, 3.63) is 18.3 Å². The quantitative estimate of drug-likeness (QED) is 0.837. The van der Waals surface area contributed by atoms with E-state index in [9.17, 15) is 8.42 Å². The van der Waals surface area contributed by atoms with E-state index in [1.807, 2.05) is 0 Å². The Bertz CT molecular complexity index is 501. The van der Waals surface area contributed by atoms with Crippen molar-refractivity contribution in [3.63, 3.8) is 0 Å². The van der Waals surface area contributed by atoms with E-state index in [0.717, 1.165) is 6.42 Å². The molecule has 1 aliphatic rings. The fourth-order valence-corrected chi connectivity index (χ4v) is 3.47. The average Bonchev–Trinajstić information content (AvgIpc) is 2.88. The summed E-state index contributed by atoms with van der Waals surface area (Å²) in [6.07, 6.45) is 2.14. The van der Waals surface area contributed by atoms with Crippen LogP contribution in [0.25, 0.3) is 0 Å². The van der Waals surface area contributed by atoms with E-state index in [4.69, 9.17) is 10.5 Å². The lowest BCUT2D eigenvalue weighted by molar-refractivity contribution is 0.397. The van der Waals surface area contributed by atoms with Gasteiger partial charge in [-0.25, -0.2) is 13.4 Å². The first-order valence-corrected chi connectivity index (χ1v) is 7.22. The van der Waals surface area contributed by atoms with Gasteiger partial charge in [0.2, 0.25) is 15.9 Å². The molecule has 0 radical (unpaired) electrons. The second kappa shape index (κ2) is 5.21. The van der Waals surface area contributed by atoms with Crippen molar-refractivity contribution in [2.45, 2.75) is 11.3 Å². The molecular weight excluding hydrogens is 254 g/mol. The van der Waals surface area contributed by atoms with Crippen LogP contribution in [0.5, 0.6) is 5.88 Å². The Morgan fingerprint density at radius 1 is 1.56 bits per heavy atom. The molecule has 2 heterocycles. The van der Waals surface area contributed by atoms with Gasteiger partial charge < -0.3 is 10.5 Å². The molecule has 100 valence electrons. The van der Waals surface area contributed by atoms with Gasteiger partial charge in [0.25, 0.3) is 0 Å². The minimum atomic E-state index is -3.45. The molecule has 1 aromatic rings. The highest BCUT2D eigenvalue weighted by Gasteiger charge is 2.32. The lowest BCUT2D eigenvalue weighted by Crippen LogP contribution is -2.30. The van der Waals surface area contributed by atoms with E-state index in [1.165, 1.54) is 23.7 Å². The number of ether oxygens (including phenoxy) is 1. The lowest BCUT2D eigenvalue weighted by atomic mass is 10.1. The smallest absolute Gasteiger partial charge is 0.244 e. The monoisotopic (exact) mass is 271 g/mol. The second-order valence-corrected chi connectivity index (χ2v) is 6.23. The third-order valence-electron chi connectivity index (χ3n) is 3.14. The summed E-state index contributed by atoms with van der Waals surface area (Å²) in [6.45, 7) is 1.54. The number of nitrogens with zero attached hydrogens (tertiary/aromatic N) is 2. The molecule has 0 amide bonds. The predicted octanol–water partition coefficient (Wildman–Crippen LogP) is 0.0595. The van der Waals surface area contributed by atoms with Crippen molar-refractivity contribution >= 4 is 10.0 Å². The summed E-state index contributed by atoms with van der Waals surface area (Å²) in [4.78, 5) is 4.12. The maximum absolute atomic E-state index is 12.3. The minimum Gasteiger partial charge on any atom is -0.481 e. The second-order valence-electron chi connectivity index (χ2n) is 4.29. The van der Waals surface area contributed by atoms with E-state index in [-0.39, 0.29) is 10.8 Å². The first kappa shape index (κ1) is 13.3. The molecule has 7 heteroatoms. The summed E-state index contributed by atoms with van der Waals surface area (Å²) in [6, 6.07) is 3.06. The van der Waals surface area contributed by atoms with Crippen LogP contribution in [0.3, 0.4) is 0 Å². The first-order chi connectivity index (χ1) is 8.57. The van der Waals surface area contributed by atoms with Gasteiger partial charge in [0.05, 0.1) is 13.3 Å². The van der Waals surface area contributed by atoms with Crippen molar-refractivity contribution < 1.29 is 13.2 Å². The highest BCUT2D eigenvalue weighted by molar-refractivity contribution is 7.89. The van der Waals surface area contributed by atoms with Gasteiger partial charge in [-0.05, 0) is 24.9 Å². The van der Waals surface area contributed by atoms with Gasteiger partial charge in [0.1, 0.15) is 4.90 Å². The number of pyridine rings is 1. The van der Waals surface area contributed by atoms with Gasteiger partial charge in [0.15, 0.2) is 0 Å². The molecule has 6 nitrogen and oxygen atoms in total. The van der Waals surface area contributed by atoms with Crippen LogP contribution in [-0.4, -0.2) is 44.5 Å². The lowest BCUT2D eigenvalue weighted by Gasteiger charge is -2.16. The van der Waals surface area contributed by atoms with E-state index >= 15 is 0 Å². The number of sulfonamides is 1. The minimum absolute atomic E-state index is 0.195. The normalized spacial score (nSPS) is 21.1. The Kier molecular flexibility index (Phi) is 3.84. The predicted molar refractivity (Wildman–Crippen MR) is 66.7 cm³/mol. The molecule has 1 saturated heterocycles. The Balaban J connectivity index is 2.20. The zero-order valence-corrected chi connectivity index (χ0v) is 11.1. The van der Waals surface area contributed by atoms with Gasteiger partial charge in [-0.3, -0.25) is 0 Å². The molecular formula is C11H17N3O3S. The molecule has 0 aromatic carbocycles. The van der Waals surface area contributed by atoms with Crippen LogP contribution >= 0.6 is 0 Å². The summed E-state index contributed by atoms with van der Waals surface area (Å²) < 4.78 is 31.0. The fraction of sp³-hybridized carbons (Fsp3) is 0.545. The van der Waals surface area contributed by atoms with E-state index in [1.54, 1.807) is 6.07 Å². The summed E-state index contributed by atoms with van der Waals surface area (Å²) in [5.41, 5.74) is 5.57. The highest BCUT2D eigenvalue weighted by Crippen LogP contribution is 2.23. The molecule has 0 saturated carbocycles. The van der Waals surface area contributed by atoms with Crippen molar-refractivity contribution in [2.75, 3.05) is 26.7 Å². The molecule has 1 atom stereocenters. The van der Waals surface area contributed by atoms with Gasteiger partial charge in [-0.1, -0.05) is 0 Å². The maximum Gasteiger partial charge on any atom is 0.244 e. The molecule has 2 rings (SSSR count). The van der Waals surface area contributed by atoms with Crippen molar-refractivity contribution in [2.24, 2.45) is 11.7 Å².